The van der Waals surface area contributed by atoms with Crippen LogP contribution in [0.25, 0.3) is 5.57 Å². The molecule has 2 rings (SSSR count). The highest BCUT2D eigenvalue weighted by atomic mass is 35.5. The molecule has 0 N–H and O–H groups in total. The summed E-state index contributed by atoms with van der Waals surface area (Å²) in [6, 6.07) is 14.1. The van der Waals surface area contributed by atoms with Gasteiger partial charge in [0.15, 0.2) is 0 Å². The van der Waals surface area contributed by atoms with Crippen LogP contribution in [0.1, 0.15) is 11.1 Å². The number of carbonyl (C=O) groups is 1. The van der Waals surface area contributed by atoms with Gasteiger partial charge in [0.25, 0.3) is 0 Å². The molecule has 0 aliphatic carbocycles. The number of carbonyl (C=O) groups excluding carboxylic acids is 1. The van der Waals surface area contributed by atoms with Crippen LogP contribution in [0.5, 0.6) is 0 Å². The third-order valence-electron chi connectivity index (χ3n) is 3.40. The van der Waals surface area contributed by atoms with Gasteiger partial charge in [-0.25, -0.2) is 0 Å². The van der Waals surface area contributed by atoms with Crippen LogP contribution in [0.3, 0.4) is 0 Å². The first-order chi connectivity index (χ1) is 11.3. The predicted molar refractivity (Wildman–Crippen MR) is 88.4 cm³/mol. The molecule has 0 aliphatic heterocycles. The number of hydrogen-bond donors (Lipinski definition) is 0. The zero-order valence-electron chi connectivity index (χ0n) is 12.8. The van der Waals surface area contributed by atoms with E-state index in [2.05, 4.69) is 0 Å². The largest absolute Gasteiger partial charge is 0.417 e. The van der Waals surface area contributed by atoms with Crippen LogP contribution in [-0.2, 0) is 11.3 Å². The molecule has 0 saturated heterocycles. The van der Waals surface area contributed by atoms with E-state index in [0.29, 0.717) is 16.7 Å². The maximum Gasteiger partial charge on any atom is 0.417 e. The van der Waals surface area contributed by atoms with Crippen molar-refractivity contribution in [3.05, 3.63) is 76.8 Å². The number of hydrogen-bond acceptors (Lipinski definition) is 1. The number of halogens is 4. The summed E-state index contributed by atoms with van der Waals surface area (Å²) in [5.41, 5.74) is -0.361. The quantitative estimate of drug-likeness (QED) is 0.713. The average Bonchev–Trinajstić information content (AvgIpc) is 2.54. The van der Waals surface area contributed by atoms with E-state index in [4.69, 9.17) is 11.6 Å². The van der Waals surface area contributed by atoms with Gasteiger partial charge in [0.05, 0.1) is 5.57 Å². The minimum Gasteiger partial charge on any atom is -0.338 e. The van der Waals surface area contributed by atoms with Crippen LogP contribution in [0.2, 0.25) is 5.02 Å². The van der Waals surface area contributed by atoms with Crippen molar-refractivity contribution in [3.8, 4) is 0 Å². The Labute approximate surface area is 143 Å². The van der Waals surface area contributed by atoms with E-state index in [1.807, 2.05) is 0 Å². The Morgan fingerprint density at radius 2 is 1.67 bits per heavy atom. The molecule has 0 saturated carbocycles. The van der Waals surface area contributed by atoms with Gasteiger partial charge in [-0.05, 0) is 17.2 Å². The Kier molecular flexibility index (Phi) is 5.67. The van der Waals surface area contributed by atoms with Crippen molar-refractivity contribution in [1.82, 2.24) is 4.90 Å². The molecule has 2 aromatic carbocycles. The van der Waals surface area contributed by atoms with Crippen molar-refractivity contribution in [2.75, 3.05) is 7.05 Å². The monoisotopic (exact) mass is 353 g/mol. The van der Waals surface area contributed by atoms with E-state index in [1.165, 1.54) is 36.2 Å². The van der Waals surface area contributed by atoms with Gasteiger partial charge in [-0.2, -0.15) is 13.2 Å². The van der Waals surface area contributed by atoms with Gasteiger partial charge < -0.3 is 4.90 Å². The average molecular weight is 354 g/mol. The van der Waals surface area contributed by atoms with E-state index < -0.39 is 17.7 Å². The lowest BCUT2D eigenvalue weighted by atomic mass is 10.0. The van der Waals surface area contributed by atoms with Gasteiger partial charge in [-0.3, -0.25) is 4.79 Å². The smallest absolute Gasteiger partial charge is 0.338 e. The fraction of sp³-hybridized carbons (Fsp3) is 0.167. The summed E-state index contributed by atoms with van der Waals surface area (Å²) >= 11 is 6.01. The van der Waals surface area contributed by atoms with E-state index in [0.717, 1.165) is 0 Å². The maximum atomic E-state index is 13.3. The van der Waals surface area contributed by atoms with Crippen LogP contribution < -0.4 is 0 Å². The molecule has 2 aromatic rings. The standard InChI is InChI=1S/C18H15ClF3NO/c1-23(12-14-9-5-6-10-16(14)19)17(24)11-15(18(20,21)22)13-7-3-2-4-8-13/h2-11H,12H2,1H3/b15-11-. The van der Waals surface area contributed by atoms with E-state index in [9.17, 15) is 18.0 Å². The Morgan fingerprint density at radius 3 is 2.25 bits per heavy atom. The summed E-state index contributed by atoms with van der Waals surface area (Å²) in [6.45, 7) is 0.120. The second-order valence-electron chi connectivity index (χ2n) is 5.21. The topological polar surface area (TPSA) is 20.3 Å². The highest BCUT2D eigenvalue weighted by Crippen LogP contribution is 2.33. The van der Waals surface area contributed by atoms with Crippen molar-refractivity contribution in [2.45, 2.75) is 12.7 Å². The molecule has 6 heteroatoms. The lowest BCUT2D eigenvalue weighted by Gasteiger charge is -2.18. The Balaban J connectivity index is 2.26. The third kappa shape index (κ3) is 4.61. The Morgan fingerprint density at radius 1 is 1.08 bits per heavy atom. The maximum absolute atomic E-state index is 13.3. The minimum atomic E-state index is -4.62. The number of allylic oxidation sites excluding steroid dienone is 1. The predicted octanol–water partition coefficient (Wildman–Crippen LogP) is 4.94. The molecule has 0 bridgehead atoms. The first-order valence-corrected chi connectivity index (χ1v) is 7.49. The molecule has 126 valence electrons. The van der Waals surface area contributed by atoms with Crippen molar-refractivity contribution >= 4 is 23.1 Å². The summed E-state index contributed by atoms with van der Waals surface area (Å²) < 4.78 is 39.8. The lowest BCUT2D eigenvalue weighted by Crippen LogP contribution is -2.26. The van der Waals surface area contributed by atoms with Gasteiger partial charge in [0.2, 0.25) is 5.91 Å². The first kappa shape index (κ1) is 18.1. The summed E-state index contributed by atoms with van der Waals surface area (Å²) in [5.74, 6) is -0.744. The van der Waals surface area contributed by atoms with Crippen LogP contribution in [0.15, 0.2) is 60.7 Å². The van der Waals surface area contributed by atoms with E-state index >= 15 is 0 Å². The van der Waals surface area contributed by atoms with Crippen LogP contribution in [-0.4, -0.2) is 24.0 Å². The zero-order chi connectivity index (χ0) is 17.7. The van der Waals surface area contributed by atoms with Crippen LogP contribution >= 0.6 is 11.6 Å². The Bertz CT molecular complexity index is 741. The van der Waals surface area contributed by atoms with Crippen LogP contribution in [0, 0.1) is 0 Å². The number of benzene rings is 2. The molecule has 0 heterocycles. The molecule has 2 nitrogen and oxygen atoms in total. The first-order valence-electron chi connectivity index (χ1n) is 7.12. The van der Waals surface area contributed by atoms with Gasteiger partial charge in [0.1, 0.15) is 0 Å². The molecule has 0 aliphatic rings. The molecule has 0 atom stereocenters. The van der Waals surface area contributed by atoms with Gasteiger partial charge in [-0.15, -0.1) is 0 Å². The van der Waals surface area contributed by atoms with E-state index in [-0.39, 0.29) is 12.1 Å². The fourth-order valence-electron chi connectivity index (χ4n) is 2.14. The molecule has 0 fully saturated rings. The second kappa shape index (κ2) is 7.53. The van der Waals surface area contributed by atoms with Crippen molar-refractivity contribution in [3.63, 3.8) is 0 Å². The van der Waals surface area contributed by atoms with Crippen molar-refractivity contribution in [2.24, 2.45) is 0 Å². The molecule has 0 aromatic heterocycles. The van der Waals surface area contributed by atoms with E-state index in [1.54, 1.807) is 30.3 Å². The normalized spacial score (nSPS) is 12.1. The van der Waals surface area contributed by atoms with Gasteiger partial charge in [-0.1, -0.05) is 60.1 Å². The molecular weight excluding hydrogens is 339 g/mol. The summed E-state index contributed by atoms with van der Waals surface area (Å²) in [7, 11) is 1.43. The summed E-state index contributed by atoms with van der Waals surface area (Å²) in [6.07, 6.45) is -4.01. The number of rotatable bonds is 4. The minimum absolute atomic E-state index is 0.0514. The molecular formula is C18H15ClF3NO. The molecule has 24 heavy (non-hydrogen) atoms. The molecule has 0 radical (unpaired) electrons. The fourth-order valence-corrected chi connectivity index (χ4v) is 2.34. The Hall–Kier alpha value is -2.27. The molecule has 0 unspecified atom stereocenters. The number of alkyl halides is 3. The summed E-state index contributed by atoms with van der Waals surface area (Å²) in [5, 5.41) is 0.459. The zero-order valence-corrected chi connectivity index (χ0v) is 13.6. The van der Waals surface area contributed by atoms with Crippen molar-refractivity contribution < 1.29 is 18.0 Å². The number of amides is 1. The van der Waals surface area contributed by atoms with Crippen molar-refractivity contribution in [1.29, 1.82) is 0 Å². The summed E-state index contributed by atoms with van der Waals surface area (Å²) in [4.78, 5) is 13.4. The van der Waals surface area contributed by atoms with Crippen LogP contribution in [0.4, 0.5) is 13.2 Å². The SMILES string of the molecule is CN(Cc1ccccc1Cl)C(=O)/C=C(/c1ccccc1)C(F)(F)F. The molecule has 0 spiro atoms. The third-order valence-corrected chi connectivity index (χ3v) is 3.77. The molecule has 1 amide bonds. The number of nitrogens with zero attached hydrogens (tertiary/aromatic N) is 1. The highest BCUT2D eigenvalue weighted by Gasteiger charge is 2.35. The van der Waals surface area contributed by atoms with Gasteiger partial charge >= 0.3 is 6.18 Å². The lowest BCUT2D eigenvalue weighted by molar-refractivity contribution is -0.125. The number of likely N-dealkylation sites (N-methyl/N-ethyl adjacent to an activating group) is 1. The second-order valence-corrected chi connectivity index (χ2v) is 5.61. The highest BCUT2D eigenvalue weighted by molar-refractivity contribution is 6.31. The van der Waals surface area contributed by atoms with Gasteiger partial charge in [0, 0.05) is 24.7 Å².